The van der Waals surface area contributed by atoms with Crippen molar-refractivity contribution in [3.63, 3.8) is 0 Å². The molecule has 2 saturated heterocycles. The molecular weight excluding hydrogens is 470 g/mol. The Balaban J connectivity index is 1.42. The molecule has 2 aliphatic rings. The van der Waals surface area contributed by atoms with Crippen LogP contribution >= 0.6 is 23.2 Å². The van der Waals surface area contributed by atoms with E-state index >= 15 is 0 Å². The van der Waals surface area contributed by atoms with Crippen LogP contribution < -0.4 is 10.2 Å². The van der Waals surface area contributed by atoms with Gasteiger partial charge in [0.2, 0.25) is 5.91 Å². The molecule has 0 saturated carbocycles. The number of pyridine rings is 1. The average molecular weight is 495 g/mol. The fourth-order valence-electron chi connectivity index (χ4n) is 4.77. The fourth-order valence-corrected chi connectivity index (χ4v) is 5.07. The summed E-state index contributed by atoms with van der Waals surface area (Å²) >= 11 is 12.3. The van der Waals surface area contributed by atoms with Gasteiger partial charge >= 0.3 is 6.09 Å². The summed E-state index contributed by atoms with van der Waals surface area (Å²) in [5.41, 5.74) is 0.939. The number of hydrogen-bond donors (Lipinski definition) is 2. The first-order chi connectivity index (χ1) is 15.8. The van der Waals surface area contributed by atoms with Crippen molar-refractivity contribution in [1.29, 1.82) is 0 Å². The summed E-state index contributed by atoms with van der Waals surface area (Å²) in [5, 5.41) is 12.4. The highest BCUT2D eigenvalue weighted by Gasteiger charge is 2.39. The van der Waals surface area contributed by atoms with Crippen LogP contribution in [-0.2, 0) is 4.79 Å². The first-order valence-electron chi connectivity index (χ1n) is 10.9. The average Bonchev–Trinajstić information content (AvgIpc) is 3.24. The maximum Gasteiger partial charge on any atom is 0.404 e. The highest BCUT2D eigenvalue weighted by Crippen LogP contribution is 2.36. The Morgan fingerprint density at radius 2 is 1.88 bits per heavy atom. The quantitative estimate of drug-likeness (QED) is 0.648. The molecule has 1 aromatic carbocycles. The molecule has 2 N–H and O–H groups in total. The van der Waals surface area contributed by atoms with Gasteiger partial charge in [0.1, 0.15) is 11.6 Å². The Morgan fingerprint density at radius 3 is 2.52 bits per heavy atom. The molecule has 2 amide bonds. The summed E-state index contributed by atoms with van der Waals surface area (Å²) in [6, 6.07) is 8.45. The maximum absolute atomic E-state index is 13.3. The fraction of sp³-hybridized carbons (Fsp3) is 0.435. The van der Waals surface area contributed by atoms with Crippen molar-refractivity contribution in [2.45, 2.75) is 18.8 Å². The zero-order valence-corrected chi connectivity index (χ0v) is 19.4. The van der Waals surface area contributed by atoms with E-state index in [1.54, 1.807) is 18.2 Å². The lowest BCUT2D eigenvalue weighted by Crippen LogP contribution is -2.42. The number of carbonyl (C=O) groups excluding carboxylic acids is 1. The number of carbonyl (C=O) groups is 2. The van der Waals surface area contributed by atoms with E-state index in [0.717, 1.165) is 5.56 Å². The minimum atomic E-state index is -1.09. The number of aromatic nitrogens is 1. The molecule has 0 bridgehead atoms. The molecule has 2 aromatic rings. The highest BCUT2D eigenvalue weighted by atomic mass is 35.5. The van der Waals surface area contributed by atoms with Crippen molar-refractivity contribution in [1.82, 2.24) is 15.2 Å². The molecule has 2 fully saturated rings. The Hall–Kier alpha value is -2.58. The van der Waals surface area contributed by atoms with Gasteiger partial charge < -0.3 is 20.2 Å². The highest BCUT2D eigenvalue weighted by molar-refractivity contribution is 6.42. The molecule has 3 heterocycles. The number of benzene rings is 1. The minimum absolute atomic E-state index is 0.0425. The number of piperidine rings is 1. The maximum atomic E-state index is 13.3. The van der Waals surface area contributed by atoms with Crippen LogP contribution in [0.2, 0.25) is 10.0 Å². The van der Waals surface area contributed by atoms with E-state index in [1.807, 2.05) is 11.0 Å². The molecule has 0 aliphatic carbocycles. The smallest absolute Gasteiger partial charge is 0.404 e. The van der Waals surface area contributed by atoms with E-state index in [1.165, 1.54) is 12.3 Å². The van der Waals surface area contributed by atoms with Crippen LogP contribution in [0.5, 0.6) is 0 Å². The summed E-state index contributed by atoms with van der Waals surface area (Å²) < 4.78 is 13.1. The summed E-state index contributed by atoms with van der Waals surface area (Å²) in [4.78, 5) is 32.4. The standard InChI is InChI=1S/C23H25Cl2FN4O3/c24-19-3-1-15(9-20(19)25)18-13-30(12-16(18)10-28-23(32)33)22(31)14-5-7-29(8-6-14)21-4-2-17(26)11-27-21/h1-4,9,11,14,16,18,28H,5-8,10,12-13H2,(H,32,33)/t16-,18-/m0/s1. The number of likely N-dealkylation sites (tertiary alicyclic amines) is 1. The SMILES string of the molecule is O=C(O)NC[C@H]1CN(C(=O)C2CCN(c3ccc(F)cn3)CC2)C[C@H]1c1ccc(Cl)c(Cl)c1. The molecule has 0 spiro atoms. The number of carboxylic acid groups (broad SMARTS) is 1. The minimum Gasteiger partial charge on any atom is -0.465 e. The monoisotopic (exact) mass is 494 g/mol. The van der Waals surface area contributed by atoms with Crippen LogP contribution in [0.4, 0.5) is 15.0 Å². The Bertz CT molecular complexity index is 1020. The molecule has 176 valence electrons. The van der Waals surface area contributed by atoms with Crippen LogP contribution in [0.3, 0.4) is 0 Å². The summed E-state index contributed by atoms with van der Waals surface area (Å²) in [7, 11) is 0. The Labute approximate surface area is 201 Å². The van der Waals surface area contributed by atoms with Crippen molar-refractivity contribution in [3.8, 4) is 0 Å². The van der Waals surface area contributed by atoms with E-state index in [4.69, 9.17) is 28.3 Å². The van der Waals surface area contributed by atoms with Crippen molar-refractivity contribution in [3.05, 3.63) is 58.0 Å². The molecule has 4 rings (SSSR count). The third kappa shape index (κ3) is 5.50. The van der Waals surface area contributed by atoms with Crippen LogP contribution in [0.25, 0.3) is 0 Å². The first-order valence-corrected chi connectivity index (χ1v) is 11.6. The zero-order valence-electron chi connectivity index (χ0n) is 17.9. The second-order valence-corrected chi connectivity index (χ2v) is 9.38. The van der Waals surface area contributed by atoms with Gasteiger partial charge in [-0.25, -0.2) is 14.2 Å². The number of rotatable bonds is 5. The lowest BCUT2D eigenvalue weighted by atomic mass is 9.89. The van der Waals surface area contributed by atoms with Gasteiger partial charge in [-0.15, -0.1) is 0 Å². The normalized spacial score (nSPS) is 21.3. The van der Waals surface area contributed by atoms with Gasteiger partial charge in [0.15, 0.2) is 0 Å². The van der Waals surface area contributed by atoms with E-state index in [2.05, 4.69) is 15.2 Å². The predicted octanol–water partition coefficient (Wildman–Crippen LogP) is 4.25. The summed E-state index contributed by atoms with van der Waals surface area (Å²) in [5.74, 6) is 0.209. The van der Waals surface area contributed by atoms with Gasteiger partial charge in [-0.2, -0.15) is 0 Å². The largest absolute Gasteiger partial charge is 0.465 e. The van der Waals surface area contributed by atoms with Gasteiger partial charge in [-0.1, -0.05) is 29.3 Å². The molecule has 0 radical (unpaired) electrons. The number of anilines is 1. The Kier molecular flexibility index (Phi) is 7.24. The molecule has 10 heteroatoms. The van der Waals surface area contributed by atoms with Gasteiger partial charge in [0.05, 0.1) is 16.2 Å². The number of nitrogens with one attached hydrogen (secondary N) is 1. The molecular formula is C23H25Cl2FN4O3. The van der Waals surface area contributed by atoms with Crippen LogP contribution in [0.1, 0.15) is 24.3 Å². The first kappa shape index (κ1) is 23.6. The number of amides is 2. The van der Waals surface area contributed by atoms with Crippen molar-refractivity contribution < 1.29 is 19.1 Å². The van der Waals surface area contributed by atoms with Crippen LogP contribution in [-0.4, -0.2) is 59.7 Å². The predicted molar refractivity (Wildman–Crippen MR) is 124 cm³/mol. The lowest BCUT2D eigenvalue weighted by Gasteiger charge is -2.34. The topological polar surface area (TPSA) is 85.8 Å². The third-order valence-electron chi connectivity index (χ3n) is 6.52. The molecule has 2 atom stereocenters. The molecule has 7 nitrogen and oxygen atoms in total. The second kappa shape index (κ2) is 10.1. The number of hydrogen-bond acceptors (Lipinski definition) is 4. The van der Waals surface area contributed by atoms with Gasteiger partial charge in [0.25, 0.3) is 0 Å². The van der Waals surface area contributed by atoms with E-state index < -0.39 is 6.09 Å². The van der Waals surface area contributed by atoms with Crippen molar-refractivity contribution in [2.75, 3.05) is 37.6 Å². The van der Waals surface area contributed by atoms with Crippen LogP contribution in [0, 0.1) is 17.7 Å². The van der Waals surface area contributed by atoms with E-state index in [9.17, 15) is 14.0 Å². The van der Waals surface area contributed by atoms with Gasteiger partial charge in [-0.3, -0.25) is 4.79 Å². The van der Waals surface area contributed by atoms with Crippen LogP contribution in [0.15, 0.2) is 36.5 Å². The van der Waals surface area contributed by atoms with Crippen molar-refractivity contribution >= 4 is 41.0 Å². The second-order valence-electron chi connectivity index (χ2n) is 8.57. The van der Waals surface area contributed by atoms with E-state index in [0.29, 0.717) is 54.9 Å². The summed E-state index contributed by atoms with van der Waals surface area (Å²) in [6.45, 7) is 2.57. The van der Waals surface area contributed by atoms with Gasteiger partial charge in [0, 0.05) is 50.5 Å². The number of halogens is 3. The lowest BCUT2D eigenvalue weighted by molar-refractivity contribution is -0.135. The molecule has 0 unspecified atom stereocenters. The van der Waals surface area contributed by atoms with E-state index in [-0.39, 0.29) is 36.0 Å². The molecule has 2 aliphatic heterocycles. The molecule has 33 heavy (non-hydrogen) atoms. The third-order valence-corrected chi connectivity index (χ3v) is 7.26. The summed E-state index contributed by atoms with van der Waals surface area (Å²) in [6.07, 6.45) is 1.48. The van der Waals surface area contributed by atoms with Gasteiger partial charge in [-0.05, 0) is 42.7 Å². The molecule has 1 aromatic heterocycles. The number of nitrogens with zero attached hydrogens (tertiary/aromatic N) is 3. The van der Waals surface area contributed by atoms with Crippen molar-refractivity contribution in [2.24, 2.45) is 11.8 Å². The Morgan fingerprint density at radius 1 is 1.12 bits per heavy atom. The zero-order chi connectivity index (χ0) is 23.5.